The molecule has 0 radical (unpaired) electrons. The van der Waals surface area contributed by atoms with E-state index < -0.39 is 35.0 Å². The van der Waals surface area contributed by atoms with Gasteiger partial charge in [0.1, 0.15) is 0 Å². The Morgan fingerprint density at radius 1 is 1.26 bits per heavy atom. The van der Waals surface area contributed by atoms with Gasteiger partial charge in [0.25, 0.3) is 0 Å². The fourth-order valence-corrected chi connectivity index (χ4v) is 9.76. The van der Waals surface area contributed by atoms with Gasteiger partial charge >= 0.3 is 11.9 Å². The topological polar surface area (TPSA) is 138 Å². The SMILES string of the molecule is Cc1cc(-n2ncc3c2C=C2CC[C@@H]4[C@H]([C@@H](O)C[C@@]5(C)[C@H]4CC(CC#N)[C@]5(OC(=O)C4CC4)C(=O)O)[C@@]2(C)C3)ccn1. The molecule has 0 aromatic carbocycles. The molecule has 0 aliphatic heterocycles. The van der Waals surface area contributed by atoms with Crippen LogP contribution < -0.4 is 0 Å². The van der Waals surface area contributed by atoms with E-state index in [-0.39, 0.29) is 41.9 Å². The van der Waals surface area contributed by atoms with Crippen LogP contribution in [0.4, 0.5) is 0 Å². The van der Waals surface area contributed by atoms with Gasteiger partial charge in [-0.25, -0.2) is 9.48 Å². The first-order chi connectivity index (χ1) is 20.0. The number of pyridine rings is 1. The van der Waals surface area contributed by atoms with Gasteiger partial charge in [0, 0.05) is 29.6 Å². The van der Waals surface area contributed by atoms with E-state index in [1.807, 2.05) is 36.9 Å². The van der Waals surface area contributed by atoms with E-state index in [4.69, 9.17) is 9.84 Å². The Labute approximate surface area is 245 Å². The third-order valence-corrected chi connectivity index (χ3v) is 11.7. The highest BCUT2D eigenvalue weighted by atomic mass is 16.6. The van der Waals surface area contributed by atoms with Crippen molar-refractivity contribution in [2.45, 2.75) is 83.8 Å². The molecule has 9 heteroatoms. The summed E-state index contributed by atoms with van der Waals surface area (Å²) in [7, 11) is 0. The summed E-state index contributed by atoms with van der Waals surface area (Å²) in [5.74, 6) is -2.66. The van der Waals surface area contributed by atoms with Crippen molar-refractivity contribution in [3.63, 3.8) is 0 Å². The zero-order valence-electron chi connectivity index (χ0n) is 24.4. The van der Waals surface area contributed by atoms with Crippen LogP contribution in [0, 0.1) is 58.7 Å². The number of aliphatic hydroxyl groups excluding tert-OH is 1. The second-order valence-corrected chi connectivity index (χ2v) is 13.9. The number of rotatable bonds is 5. The number of ether oxygens (including phenoxy) is 1. The number of fused-ring (bicyclic) bond motifs is 6. The number of carboxylic acids is 1. The van der Waals surface area contributed by atoms with E-state index in [1.165, 1.54) is 5.57 Å². The van der Waals surface area contributed by atoms with Crippen molar-refractivity contribution in [3.05, 3.63) is 47.1 Å². The van der Waals surface area contributed by atoms with Gasteiger partial charge in [-0.05, 0) is 98.8 Å². The van der Waals surface area contributed by atoms with Crippen molar-refractivity contribution in [2.24, 2.45) is 40.4 Å². The molecule has 2 heterocycles. The lowest BCUT2D eigenvalue weighted by Crippen LogP contribution is -2.64. The summed E-state index contributed by atoms with van der Waals surface area (Å²) in [5.41, 5.74) is 2.26. The van der Waals surface area contributed by atoms with E-state index in [0.717, 1.165) is 41.9 Å². The van der Waals surface area contributed by atoms with Gasteiger partial charge in [-0.1, -0.05) is 19.4 Å². The predicted molar refractivity (Wildman–Crippen MR) is 152 cm³/mol. The first-order valence-electron chi connectivity index (χ1n) is 15.3. The highest BCUT2D eigenvalue weighted by molar-refractivity contribution is 5.85. The summed E-state index contributed by atoms with van der Waals surface area (Å²) in [5, 5.41) is 37.3. The largest absolute Gasteiger partial charge is 0.478 e. The maximum Gasteiger partial charge on any atom is 0.349 e. The number of esters is 1. The third kappa shape index (κ3) is 3.63. The number of nitrogens with zero attached hydrogens (tertiary/aromatic N) is 4. The predicted octanol–water partition coefficient (Wildman–Crippen LogP) is 4.65. The summed E-state index contributed by atoms with van der Waals surface area (Å²) >= 11 is 0. The van der Waals surface area contributed by atoms with E-state index in [9.17, 15) is 25.1 Å². The van der Waals surface area contributed by atoms with E-state index in [0.29, 0.717) is 19.3 Å². The zero-order valence-corrected chi connectivity index (χ0v) is 24.4. The molecule has 4 saturated carbocycles. The highest BCUT2D eigenvalue weighted by Crippen LogP contribution is 2.70. The van der Waals surface area contributed by atoms with Crippen LogP contribution in [0.25, 0.3) is 11.8 Å². The molecule has 8 atom stereocenters. The van der Waals surface area contributed by atoms with Crippen LogP contribution in [0.2, 0.25) is 0 Å². The second-order valence-electron chi connectivity index (χ2n) is 13.9. The van der Waals surface area contributed by atoms with Crippen LogP contribution in [-0.4, -0.2) is 48.6 Å². The molecular formula is C33H38N4O5. The Morgan fingerprint density at radius 2 is 2.05 bits per heavy atom. The number of carbonyl (C=O) groups is 2. The molecule has 1 unspecified atom stereocenters. The van der Waals surface area contributed by atoms with Gasteiger partial charge in [-0.15, -0.1) is 0 Å². The minimum atomic E-state index is -1.82. The van der Waals surface area contributed by atoms with Crippen LogP contribution in [0.3, 0.4) is 0 Å². The van der Waals surface area contributed by atoms with Crippen molar-refractivity contribution in [1.29, 1.82) is 5.26 Å². The Balaban J connectivity index is 1.27. The second kappa shape index (κ2) is 9.24. The van der Waals surface area contributed by atoms with Gasteiger partial charge in [-0.3, -0.25) is 9.78 Å². The molecule has 5 aliphatic carbocycles. The number of aliphatic carboxylic acids is 1. The molecule has 2 aromatic rings. The maximum absolute atomic E-state index is 13.2. The van der Waals surface area contributed by atoms with Crippen molar-refractivity contribution in [2.75, 3.05) is 0 Å². The van der Waals surface area contributed by atoms with Gasteiger partial charge in [-0.2, -0.15) is 10.4 Å². The number of carbonyl (C=O) groups excluding carboxylic acids is 1. The number of aryl methyl sites for hydroxylation is 1. The van der Waals surface area contributed by atoms with Crippen molar-refractivity contribution in [3.8, 4) is 11.8 Å². The lowest BCUT2D eigenvalue weighted by Gasteiger charge is -2.60. The third-order valence-electron chi connectivity index (χ3n) is 11.7. The number of aromatic nitrogens is 3. The molecule has 220 valence electrons. The molecule has 0 bridgehead atoms. The highest BCUT2D eigenvalue weighted by Gasteiger charge is 2.74. The molecule has 5 aliphatic rings. The standard InChI is InChI=1S/C33H38N4O5/c1-18-12-23(9-11-35-18)37-26-14-21-6-7-24-25-13-22(8-10-34)33(30(40)41,42-29(39)19-4-5-19)32(25,3)16-27(38)28(24)31(21,2)15-20(26)17-36-37/h9,11-12,14,17,19,22,24-25,27-28,38H,4-8,13,15-16H2,1-3H3,(H,40,41)/t22?,24-,25-,27-,28+,31-,32-,33-/m0/s1. The number of allylic oxidation sites excluding steroid dienone is 1. The number of carboxylic acid groups (broad SMARTS) is 1. The minimum Gasteiger partial charge on any atom is -0.478 e. The number of hydrogen-bond acceptors (Lipinski definition) is 7. The van der Waals surface area contributed by atoms with Crippen molar-refractivity contribution in [1.82, 2.24) is 14.8 Å². The summed E-state index contributed by atoms with van der Waals surface area (Å²) in [6, 6.07) is 6.17. The molecule has 2 N–H and O–H groups in total. The van der Waals surface area contributed by atoms with Crippen LogP contribution in [0.5, 0.6) is 0 Å². The molecule has 42 heavy (non-hydrogen) atoms. The first-order valence-corrected chi connectivity index (χ1v) is 15.3. The van der Waals surface area contributed by atoms with Gasteiger partial charge in [0.15, 0.2) is 0 Å². The van der Waals surface area contributed by atoms with Gasteiger partial charge in [0.05, 0.1) is 35.7 Å². The summed E-state index contributed by atoms with van der Waals surface area (Å²) in [6.45, 7) is 6.11. The fourth-order valence-electron chi connectivity index (χ4n) is 9.76. The maximum atomic E-state index is 13.2. The van der Waals surface area contributed by atoms with E-state index in [1.54, 1.807) is 6.20 Å². The monoisotopic (exact) mass is 570 g/mol. The lowest BCUT2D eigenvalue weighted by molar-refractivity contribution is -0.217. The molecule has 4 fully saturated rings. The molecule has 7 rings (SSSR count). The quantitative estimate of drug-likeness (QED) is 0.496. The summed E-state index contributed by atoms with van der Waals surface area (Å²) in [6.07, 6.45) is 9.72. The van der Waals surface area contributed by atoms with Crippen LogP contribution >= 0.6 is 0 Å². The van der Waals surface area contributed by atoms with Crippen LogP contribution in [0.15, 0.2) is 30.1 Å². The average molecular weight is 571 g/mol. The summed E-state index contributed by atoms with van der Waals surface area (Å²) < 4.78 is 8.02. The average Bonchev–Trinajstić information content (AvgIpc) is 3.67. The number of hydrogen-bond donors (Lipinski definition) is 2. The van der Waals surface area contributed by atoms with Crippen molar-refractivity contribution < 1.29 is 24.5 Å². The fraction of sp³-hybridized carbons (Fsp3) is 0.606. The molecule has 2 aromatic heterocycles. The van der Waals surface area contributed by atoms with E-state index >= 15 is 0 Å². The minimum absolute atomic E-state index is 0.00324. The molecule has 0 amide bonds. The Morgan fingerprint density at radius 3 is 2.74 bits per heavy atom. The van der Waals surface area contributed by atoms with E-state index in [2.05, 4.69) is 24.1 Å². The molecule has 0 saturated heterocycles. The van der Waals surface area contributed by atoms with Crippen LogP contribution in [-0.2, 0) is 20.7 Å². The molecule has 0 spiro atoms. The lowest BCUT2D eigenvalue weighted by atomic mass is 9.45. The molecular weight excluding hydrogens is 532 g/mol. The summed E-state index contributed by atoms with van der Waals surface area (Å²) in [4.78, 5) is 30.5. The molecule has 9 nitrogen and oxygen atoms in total. The Hall–Kier alpha value is -3.51. The Kier molecular flexibility index (Phi) is 6.01. The van der Waals surface area contributed by atoms with Crippen molar-refractivity contribution >= 4 is 18.0 Å². The normalized spacial score (nSPS) is 38.3. The first kappa shape index (κ1) is 27.3. The van der Waals surface area contributed by atoms with Gasteiger partial charge in [0.2, 0.25) is 5.60 Å². The van der Waals surface area contributed by atoms with Crippen LogP contribution in [0.1, 0.15) is 75.7 Å². The Bertz CT molecular complexity index is 1550. The zero-order chi connectivity index (χ0) is 29.6. The number of nitriles is 1. The van der Waals surface area contributed by atoms with Gasteiger partial charge < -0.3 is 14.9 Å². The number of aliphatic hydroxyl groups is 1. The smallest absolute Gasteiger partial charge is 0.349 e.